The Hall–Kier alpha value is -5.82. The van der Waals surface area contributed by atoms with Crippen molar-refractivity contribution in [2.45, 2.75) is 6.42 Å². The Bertz CT molecular complexity index is 2430. The van der Waals surface area contributed by atoms with Crippen LogP contribution in [0.15, 0.2) is 91.4 Å². The molecule has 234 valence electrons. The van der Waals surface area contributed by atoms with Crippen molar-refractivity contribution < 1.29 is 22.0 Å². The van der Waals surface area contributed by atoms with Gasteiger partial charge in [0.15, 0.2) is 5.82 Å². The molecule has 0 saturated carbocycles. The molecule has 4 aromatic heterocycles. The highest BCUT2D eigenvalue weighted by atomic mass is 32.2. The van der Waals surface area contributed by atoms with E-state index in [4.69, 9.17) is 4.98 Å². The highest BCUT2D eigenvalue weighted by Crippen LogP contribution is 2.35. The summed E-state index contributed by atoms with van der Waals surface area (Å²) >= 11 is 0. The van der Waals surface area contributed by atoms with E-state index >= 15 is 4.39 Å². The van der Waals surface area contributed by atoms with E-state index in [1.165, 1.54) is 24.5 Å². The molecular weight excluding hydrogens is 624 g/mol. The van der Waals surface area contributed by atoms with Crippen LogP contribution in [0.1, 0.15) is 15.9 Å². The molecule has 0 saturated heterocycles. The molecule has 13 heteroatoms. The predicted octanol–water partition coefficient (Wildman–Crippen LogP) is 6.35. The van der Waals surface area contributed by atoms with E-state index < -0.39 is 21.5 Å². The summed E-state index contributed by atoms with van der Waals surface area (Å²) in [5.41, 5.74) is 4.46. The van der Waals surface area contributed by atoms with Gasteiger partial charge in [0.2, 0.25) is 0 Å². The lowest BCUT2D eigenvalue weighted by Gasteiger charge is -2.09. The second-order valence-corrected chi connectivity index (χ2v) is 13.3. The van der Waals surface area contributed by atoms with Gasteiger partial charge in [0.05, 0.1) is 39.8 Å². The summed E-state index contributed by atoms with van der Waals surface area (Å²) in [6.07, 6.45) is 5.80. The van der Waals surface area contributed by atoms with Gasteiger partial charge in [-0.3, -0.25) is 19.9 Å². The minimum Gasteiger partial charge on any atom is -0.336 e. The first-order valence-electron chi connectivity index (χ1n) is 14.4. The van der Waals surface area contributed by atoms with E-state index in [-0.39, 0.29) is 40.5 Å². The number of carbonyl (C=O) groups is 1. The van der Waals surface area contributed by atoms with Gasteiger partial charge in [-0.15, -0.1) is 0 Å². The SMILES string of the molecule is CS(=O)(=O)CCc1cc(F)cc(-c2nccc3[nH]c(-c4n[nH]c5ccc(-c6cncc(NC(=O)c7ccccc7)c6)c(F)c45)nc23)c1. The fourth-order valence-electron chi connectivity index (χ4n) is 5.41. The molecule has 0 atom stereocenters. The lowest BCUT2D eigenvalue weighted by Crippen LogP contribution is -2.11. The zero-order chi connectivity index (χ0) is 32.7. The number of anilines is 1. The number of nitrogens with zero attached hydrogens (tertiary/aromatic N) is 4. The van der Waals surface area contributed by atoms with E-state index in [9.17, 15) is 17.6 Å². The number of fused-ring (bicyclic) bond motifs is 2. The van der Waals surface area contributed by atoms with Crippen molar-refractivity contribution in [1.82, 2.24) is 30.1 Å². The molecule has 0 bridgehead atoms. The molecule has 0 unspecified atom stereocenters. The summed E-state index contributed by atoms with van der Waals surface area (Å²) in [7, 11) is -3.25. The number of hydrogen-bond acceptors (Lipinski definition) is 7. The largest absolute Gasteiger partial charge is 0.336 e. The first kappa shape index (κ1) is 29.9. The zero-order valence-corrected chi connectivity index (χ0v) is 25.6. The Balaban J connectivity index is 1.25. The lowest BCUT2D eigenvalue weighted by atomic mass is 10.0. The second kappa shape index (κ2) is 11.8. The van der Waals surface area contributed by atoms with Crippen molar-refractivity contribution in [3.63, 3.8) is 0 Å². The fourth-order valence-corrected chi connectivity index (χ4v) is 6.02. The minimum atomic E-state index is -3.25. The summed E-state index contributed by atoms with van der Waals surface area (Å²) in [6, 6.07) is 19.6. The van der Waals surface area contributed by atoms with E-state index in [1.54, 1.807) is 60.8 Å². The third-order valence-corrected chi connectivity index (χ3v) is 8.57. The van der Waals surface area contributed by atoms with Crippen LogP contribution < -0.4 is 5.32 Å². The number of rotatable bonds is 8. The molecule has 10 nitrogen and oxygen atoms in total. The fraction of sp³-hybridized carbons (Fsp3) is 0.0882. The highest BCUT2D eigenvalue weighted by Gasteiger charge is 2.21. The maximum atomic E-state index is 16.3. The number of amides is 1. The molecule has 0 fully saturated rings. The molecule has 3 N–H and O–H groups in total. The quantitative estimate of drug-likeness (QED) is 0.174. The average Bonchev–Trinajstić information content (AvgIpc) is 3.69. The van der Waals surface area contributed by atoms with Gasteiger partial charge in [-0.2, -0.15) is 5.10 Å². The number of halogens is 2. The van der Waals surface area contributed by atoms with E-state index in [1.807, 2.05) is 6.07 Å². The van der Waals surface area contributed by atoms with Crippen molar-refractivity contribution in [2.75, 3.05) is 17.3 Å². The number of benzene rings is 3. The van der Waals surface area contributed by atoms with Gasteiger partial charge in [0.25, 0.3) is 5.91 Å². The molecule has 47 heavy (non-hydrogen) atoms. The number of H-pyrrole nitrogens is 2. The van der Waals surface area contributed by atoms with Gasteiger partial charge < -0.3 is 10.3 Å². The van der Waals surface area contributed by atoms with Crippen molar-refractivity contribution in [3.8, 4) is 33.9 Å². The van der Waals surface area contributed by atoms with Gasteiger partial charge in [-0.05, 0) is 66.6 Å². The molecule has 1 amide bonds. The van der Waals surface area contributed by atoms with Gasteiger partial charge in [-0.25, -0.2) is 22.2 Å². The van der Waals surface area contributed by atoms with Crippen LogP contribution in [-0.2, 0) is 16.3 Å². The molecule has 4 heterocycles. The number of imidazole rings is 1. The predicted molar refractivity (Wildman–Crippen MR) is 175 cm³/mol. The summed E-state index contributed by atoms with van der Waals surface area (Å²) < 4.78 is 54.3. The average molecular weight is 650 g/mol. The van der Waals surface area contributed by atoms with E-state index in [0.717, 1.165) is 6.26 Å². The zero-order valence-electron chi connectivity index (χ0n) is 24.8. The number of aromatic nitrogens is 6. The van der Waals surface area contributed by atoms with Crippen molar-refractivity contribution in [1.29, 1.82) is 0 Å². The minimum absolute atomic E-state index is 0.122. The number of nitrogens with one attached hydrogen (secondary N) is 3. The highest BCUT2D eigenvalue weighted by molar-refractivity contribution is 7.90. The van der Waals surface area contributed by atoms with Crippen LogP contribution in [0.2, 0.25) is 0 Å². The van der Waals surface area contributed by atoms with Crippen LogP contribution in [-0.4, -0.2) is 56.5 Å². The molecule has 0 aliphatic heterocycles. The maximum absolute atomic E-state index is 16.3. The molecule has 0 aliphatic rings. The molecule has 7 aromatic rings. The molecule has 0 aliphatic carbocycles. The van der Waals surface area contributed by atoms with Gasteiger partial charge in [0.1, 0.15) is 32.7 Å². The van der Waals surface area contributed by atoms with Crippen molar-refractivity contribution in [2.24, 2.45) is 0 Å². The number of carbonyl (C=O) groups excluding carboxylic acids is 1. The maximum Gasteiger partial charge on any atom is 0.255 e. The third kappa shape index (κ3) is 6.08. The molecular formula is C34H25F2N7O3S. The third-order valence-electron chi connectivity index (χ3n) is 7.63. The Labute approximate surface area is 266 Å². The van der Waals surface area contributed by atoms with Crippen LogP contribution in [0.25, 0.3) is 55.8 Å². The number of pyridine rings is 2. The summed E-state index contributed by atoms with van der Waals surface area (Å²) in [5, 5.41) is 10.2. The van der Waals surface area contributed by atoms with Gasteiger partial charge >= 0.3 is 0 Å². The smallest absolute Gasteiger partial charge is 0.255 e. The molecule has 7 rings (SSSR count). The van der Waals surface area contributed by atoms with Crippen LogP contribution in [0.3, 0.4) is 0 Å². The summed E-state index contributed by atoms with van der Waals surface area (Å²) in [6.45, 7) is 0. The van der Waals surface area contributed by atoms with Crippen LogP contribution in [0.4, 0.5) is 14.5 Å². The number of aromatic amines is 2. The number of aryl methyl sites for hydroxylation is 1. The Morgan fingerprint density at radius 1 is 0.915 bits per heavy atom. The monoisotopic (exact) mass is 649 g/mol. The molecule has 0 radical (unpaired) electrons. The first-order chi connectivity index (χ1) is 22.6. The van der Waals surface area contributed by atoms with E-state index in [2.05, 4.69) is 30.5 Å². The summed E-state index contributed by atoms with van der Waals surface area (Å²) in [5.74, 6) is -1.29. The van der Waals surface area contributed by atoms with Crippen LogP contribution in [0.5, 0.6) is 0 Å². The number of sulfone groups is 1. The molecule has 3 aromatic carbocycles. The van der Waals surface area contributed by atoms with Crippen molar-refractivity contribution >= 4 is 43.4 Å². The molecule has 0 spiro atoms. The standard InChI is InChI=1S/C34H25F2N7O3S/c1-47(45,46)12-10-19-13-21(15-23(35)14-19)30-31-27(9-11-38-30)40-33(41-31)32-28-26(42-43-32)8-7-25(29(28)36)22-16-24(18-37-17-22)39-34(44)20-5-3-2-4-6-20/h2-9,11,13-18H,10,12H2,1H3,(H,39,44)(H,40,41)(H,42,43). The first-order valence-corrected chi connectivity index (χ1v) is 16.5. The van der Waals surface area contributed by atoms with E-state index in [0.29, 0.717) is 50.2 Å². The summed E-state index contributed by atoms with van der Waals surface area (Å²) in [4.78, 5) is 29.2. The topological polar surface area (TPSA) is 146 Å². The Morgan fingerprint density at radius 3 is 2.55 bits per heavy atom. The number of hydrogen-bond donors (Lipinski definition) is 3. The van der Waals surface area contributed by atoms with Crippen LogP contribution in [0, 0.1) is 11.6 Å². The Morgan fingerprint density at radius 2 is 1.74 bits per heavy atom. The lowest BCUT2D eigenvalue weighted by molar-refractivity contribution is 0.102. The van der Waals surface area contributed by atoms with Gasteiger partial charge in [0, 0.05) is 40.9 Å². The Kier molecular flexibility index (Phi) is 7.52. The second-order valence-electron chi connectivity index (χ2n) is 11.1. The van der Waals surface area contributed by atoms with Gasteiger partial charge in [-0.1, -0.05) is 18.2 Å². The van der Waals surface area contributed by atoms with Crippen LogP contribution >= 0.6 is 0 Å². The van der Waals surface area contributed by atoms with Crippen molar-refractivity contribution in [3.05, 3.63) is 114 Å². The normalized spacial score (nSPS) is 11.7.